The summed E-state index contributed by atoms with van der Waals surface area (Å²) in [6, 6.07) is 8.09. The van der Waals surface area contributed by atoms with Crippen molar-refractivity contribution in [3.05, 3.63) is 29.8 Å². The van der Waals surface area contributed by atoms with Crippen LogP contribution in [0.25, 0.3) is 0 Å². The van der Waals surface area contributed by atoms with Gasteiger partial charge in [-0.3, -0.25) is 0 Å². The van der Waals surface area contributed by atoms with Gasteiger partial charge in [0, 0.05) is 38.9 Å². The molecular formula is C14H24N2O2. The average molecular weight is 252 g/mol. The minimum Gasteiger partial charge on any atom is -0.496 e. The second-order valence-electron chi connectivity index (χ2n) is 4.28. The highest BCUT2D eigenvalue weighted by atomic mass is 16.5. The quantitative estimate of drug-likeness (QED) is 0.673. The number of nitrogens with zero attached hydrogens (tertiary/aromatic N) is 1. The number of para-hydroxylation sites is 1. The first kappa shape index (κ1) is 15.0. The van der Waals surface area contributed by atoms with Gasteiger partial charge in [0.25, 0.3) is 0 Å². The molecule has 0 radical (unpaired) electrons. The molecule has 0 aliphatic heterocycles. The molecule has 18 heavy (non-hydrogen) atoms. The van der Waals surface area contributed by atoms with Crippen LogP contribution in [0.5, 0.6) is 5.75 Å². The predicted molar refractivity (Wildman–Crippen MR) is 74.1 cm³/mol. The molecule has 4 nitrogen and oxygen atoms in total. The Labute approximate surface area is 110 Å². The number of hydrogen-bond donors (Lipinski definition) is 1. The first-order valence-electron chi connectivity index (χ1n) is 6.28. The Hall–Kier alpha value is -1.10. The fourth-order valence-corrected chi connectivity index (χ4v) is 1.70. The van der Waals surface area contributed by atoms with Crippen molar-refractivity contribution in [1.29, 1.82) is 0 Å². The molecule has 1 rings (SSSR count). The second-order valence-corrected chi connectivity index (χ2v) is 4.28. The van der Waals surface area contributed by atoms with Crippen LogP contribution in [-0.4, -0.2) is 52.4 Å². The topological polar surface area (TPSA) is 33.7 Å². The number of hydrogen-bond acceptors (Lipinski definition) is 4. The number of nitrogens with one attached hydrogen (secondary N) is 1. The summed E-state index contributed by atoms with van der Waals surface area (Å²) in [5.74, 6) is 0.942. The highest BCUT2D eigenvalue weighted by molar-refractivity contribution is 5.32. The van der Waals surface area contributed by atoms with Gasteiger partial charge in [-0.15, -0.1) is 0 Å². The van der Waals surface area contributed by atoms with Gasteiger partial charge >= 0.3 is 0 Å². The number of ether oxygens (including phenoxy) is 2. The Morgan fingerprint density at radius 3 is 2.67 bits per heavy atom. The molecule has 0 saturated heterocycles. The van der Waals surface area contributed by atoms with Crippen molar-refractivity contribution in [2.45, 2.75) is 6.54 Å². The second kappa shape index (κ2) is 8.91. The summed E-state index contributed by atoms with van der Waals surface area (Å²) in [5, 5.41) is 3.42. The lowest BCUT2D eigenvalue weighted by Crippen LogP contribution is -2.31. The van der Waals surface area contributed by atoms with E-state index in [0.717, 1.165) is 38.5 Å². The molecule has 0 saturated carbocycles. The number of rotatable bonds is 9. The molecule has 0 bridgehead atoms. The van der Waals surface area contributed by atoms with E-state index in [0.29, 0.717) is 0 Å². The first-order chi connectivity index (χ1) is 8.77. The maximum atomic E-state index is 5.31. The summed E-state index contributed by atoms with van der Waals surface area (Å²) >= 11 is 0. The molecule has 4 heteroatoms. The summed E-state index contributed by atoms with van der Waals surface area (Å²) in [4.78, 5) is 2.25. The van der Waals surface area contributed by atoms with Crippen LogP contribution in [0.3, 0.4) is 0 Å². The van der Waals surface area contributed by atoms with E-state index in [1.54, 1.807) is 14.2 Å². The van der Waals surface area contributed by atoms with E-state index in [-0.39, 0.29) is 0 Å². The van der Waals surface area contributed by atoms with Crippen LogP contribution in [0.4, 0.5) is 0 Å². The third-order valence-corrected chi connectivity index (χ3v) is 2.86. The molecule has 1 aromatic rings. The van der Waals surface area contributed by atoms with Crippen LogP contribution < -0.4 is 10.1 Å². The van der Waals surface area contributed by atoms with Crippen LogP contribution in [0.1, 0.15) is 5.56 Å². The molecule has 0 unspecified atom stereocenters. The van der Waals surface area contributed by atoms with E-state index < -0.39 is 0 Å². The zero-order valence-corrected chi connectivity index (χ0v) is 11.6. The normalized spacial score (nSPS) is 10.9. The fourth-order valence-electron chi connectivity index (χ4n) is 1.70. The van der Waals surface area contributed by atoms with Crippen molar-refractivity contribution in [1.82, 2.24) is 10.2 Å². The summed E-state index contributed by atoms with van der Waals surface area (Å²) in [6.45, 7) is 4.55. The largest absolute Gasteiger partial charge is 0.496 e. The molecule has 0 spiro atoms. The van der Waals surface area contributed by atoms with Crippen LogP contribution in [0.15, 0.2) is 24.3 Å². The van der Waals surface area contributed by atoms with Crippen molar-refractivity contribution in [2.24, 2.45) is 0 Å². The van der Waals surface area contributed by atoms with Crippen LogP contribution in [-0.2, 0) is 11.3 Å². The lowest BCUT2D eigenvalue weighted by atomic mass is 10.2. The van der Waals surface area contributed by atoms with E-state index in [9.17, 15) is 0 Å². The smallest absolute Gasteiger partial charge is 0.123 e. The summed E-state index contributed by atoms with van der Waals surface area (Å²) < 4.78 is 10.3. The van der Waals surface area contributed by atoms with Gasteiger partial charge in [-0.1, -0.05) is 18.2 Å². The Kier molecular flexibility index (Phi) is 7.41. The minimum atomic E-state index is 0.781. The first-order valence-corrected chi connectivity index (χ1v) is 6.28. The number of methoxy groups -OCH3 is 2. The Morgan fingerprint density at radius 1 is 1.17 bits per heavy atom. The molecule has 0 amide bonds. The Balaban J connectivity index is 2.21. The molecular weight excluding hydrogens is 228 g/mol. The zero-order valence-electron chi connectivity index (χ0n) is 11.6. The van der Waals surface area contributed by atoms with Gasteiger partial charge in [0.15, 0.2) is 0 Å². The third kappa shape index (κ3) is 5.49. The van der Waals surface area contributed by atoms with Gasteiger partial charge in [0.1, 0.15) is 5.75 Å². The summed E-state index contributed by atoms with van der Waals surface area (Å²) in [7, 11) is 5.54. The van der Waals surface area contributed by atoms with E-state index in [2.05, 4.69) is 23.3 Å². The standard InChI is InChI=1S/C14H24N2O2/c1-16(10-11-17-2)9-8-15-12-13-6-4-5-7-14(13)18-3/h4-7,15H,8-12H2,1-3H3. The summed E-state index contributed by atoms with van der Waals surface area (Å²) in [5.41, 5.74) is 1.19. The maximum absolute atomic E-state index is 5.31. The van der Waals surface area contributed by atoms with Gasteiger partial charge in [-0.05, 0) is 13.1 Å². The highest BCUT2D eigenvalue weighted by Crippen LogP contribution is 2.16. The molecule has 0 atom stereocenters. The number of likely N-dealkylation sites (N-methyl/N-ethyl adjacent to an activating group) is 1. The Bertz CT molecular complexity index is 331. The third-order valence-electron chi connectivity index (χ3n) is 2.86. The molecule has 102 valence electrons. The molecule has 0 heterocycles. The van der Waals surface area contributed by atoms with Crippen molar-refractivity contribution < 1.29 is 9.47 Å². The molecule has 1 aromatic carbocycles. The van der Waals surface area contributed by atoms with Gasteiger partial charge < -0.3 is 19.7 Å². The number of benzene rings is 1. The van der Waals surface area contributed by atoms with Crippen LogP contribution in [0, 0.1) is 0 Å². The van der Waals surface area contributed by atoms with E-state index in [1.807, 2.05) is 18.2 Å². The van der Waals surface area contributed by atoms with Crippen molar-refractivity contribution in [2.75, 3.05) is 47.5 Å². The SMILES string of the molecule is COCCN(C)CCNCc1ccccc1OC. The van der Waals surface area contributed by atoms with Crippen LogP contribution >= 0.6 is 0 Å². The molecule has 0 aromatic heterocycles. The molecule has 0 aliphatic rings. The van der Waals surface area contributed by atoms with E-state index in [4.69, 9.17) is 9.47 Å². The zero-order chi connectivity index (χ0) is 13.2. The summed E-state index contributed by atoms with van der Waals surface area (Å²) in [6.07, 6.45) is 0. The van der Waals surface area contributed by atoms with Gasteiger partial charge in [-0.2, -0.15) is 0 Å². The Morgan fingerprint density at radius 2 is 1.94 bits per heavy atom. The van der Waals surface area contributed by atoms with Gasteiger partial charge in [0.05, 0.1) is 13.7 Å². The van der Waals surface area contributed by atoms with Crippen molar-refractivity contribution in [3.63, 3.8) is 0 Å². The van der Waals surface area contributed by atoms with Crippen LogP contribution in [0.2, 0.25) is 0 Å². The highest BCUT2D eigenvalue weighted by Gasteiger charge is 2.01. The molecule has 0 fully saturated rings. The fraction of sp³-hybridized carbons (Fsp3) is 0.571. The van der Waals surface area contributed by atoms with E-state index >= 15 is 0 Å². The predicted octanol–water partition coefficient (Wildman–Crippen LogP) is 1.36. The average Bonchev–Trinajstić information content (AvgIpc) is 2.41. The molecule has 1 N–H and O–H groups in total. The van der Waals surface area contributed by atoms with Gasteiger partial charge in [-0.25, -0.2) is 0 Å². The lowest BCUT2D eigenvalue weighted by Gasteiger charge is -2.16. The van der Waals surface area contributed by atoms with Crippen molar-refractivity contribution >= 4 is 0 Å². The maximum Gasteiger partial charge on any atom is 0.123 e. The minimum absolute atomic E-state index is 0.781. The molecule has 0 aliphatic carbocycles. The van der Waals surface area contributed by atoms with Gasteiger partial charge in [0.2, 0.25) is 0 Å². The monoisotopic (exact) mass is 252 g/mol. The van der Waals surface area contributed by atoms with E-state index in [1.165, 1.54) is 5.56 Å². The lowest BCUT2D eigenvalue weighted by molar-refractivity contribution is 0.161. The van der Waals surface area contributed by atoms with Crippen molar-refractivity contribution in [3.8, 4) is 5.75 Å².